The maximum Gasteiger partial charge on any atom is 0.279 e. The van der Waals surface area contributed by atoms with E-state index in [-0.39, 0.29) is 5.69 Å². The van der Waals surface area contributed by atoms with Crippen LogP contribution in [0.4, 0.5) is 8.78 Å². The molecule has 96 valence electrons. The fraction of sp³-hybridized carbons (Fsp3) is 0.308. The summed E-state index contributed by atoms with van der Waals surface area (Å²) in [6.07, 6.45) is -2.54. The first-order chi connectivity index (χ1) is 8.40. The van der Waals surface area contributed by atoms with Gasteiger partial charge in [0.15, 0.2) is 0 Å². The standard InChI is InChI=1S/C13H14F2N2S/c1-7-4-8(2)12(9(3)5-7)17-11(18)6-10(16-17)13(14)15/h4-6,13,16H,1-3H3. The normalized spacial score (nSPS) is 11.2. The first-order valence-corrected chi connectivity index (χ1v) is 5.99. The quantitative estimate of drug-likeness (QED) is 0.801. The highest BCUT2D eigenvalue weighted by Gasteiger charge is 2.14. The summed E-state index contributed by atoms with van der Waals surface area (Å²) < 4.78 is 27.2. The van der Waals surface area contributed by atoms with Crippen LogP contribution in [0.1, 0.15) is 28.8 Å². The van der Waals surface area contributed by atoms with Crippen molar-refractivity contribution in [2.75, 3.05) is 0 Å². The number of aromatic nitrogens is 2. The van der Waals surface area contributed by atoms with Gasteiger partial charge in [-0.25, -0.2) is 13.5 Å². The molecule has 1 aromatic carbocycles. The lowest BCUT2D eigenvalue weighted by atomic mass is 10.1. The maximum atomic E-state index is 12.7. The van der Waals surface area contributed by atoms with Gasteiger partial charge in [0.25, 0.3) is 6.43 Å². The van der Waals surface area contributed by atoms with Crippen LogP contribution in [0.25, 0.3) is 5.69 Å². The number of alkyl halides is 2. The highest BCUT2D eigenvalue weighted by Crippen LogP contribution is 2.24. The van der Waals surface area contributed by atoms with E-state index in [1.54, 1.807) is 4.68 Å². The Labute approximate surface area is 109 Å². The summed E-state index contributed by atoms with van der Waals surface area (Å²) in [6.45, 7) is 5.89. The predicted octanol–water partition coefficient (Wildman–Crippen LogP) is 4.40. The predicted molar refractivity (Wildman–Crippen MR) is 70.1 cm³/mol. The van der Waals surface area contributed by atoms with Crippen LogP contribution in [0.2, 0.25) is 0 Å². The van der Waals surface area contributed by atoms with E-state index >= 15 is 0 Å². The number of H-pyrrole nitrogens is 1. The number of nitrogens with zero attached hydrogens (tertiary/aromatic N) is 1. The maximum absolute atomic E-state index is 12.7. The molecule has 0 saturated heterocycles. The molecule has 0 aliphatic carbocycles. The summed E-state index contributed by atoms with van der Waals surface area (Å²) in [5.74, 6) is 0. The van der Waals surface area contributed by atoms with Crippen LogP contribution in [-0.4, -0.2) is 9.78 Å². The zero-order chi connectivity index (χ0) is 13.4. The van der Waals surface area contributed by atoms with Gasteiger partial charge in [-0.3, -0.25) is 5.10 Å². The summed E-state index contributed by atoms with van der Waals surface area (Å²) >= 11 is 5.12. The Hall–Kier alpha value is -1.49. The monoisotopic (exact) mass is 268 g/mol. The fourth-order valence-electron chi connectivity index (χ4n) is 2.22. The highest BCUT2D eigenvalue weighted by molar-refractivity contribution is 7.71. The van der Waals surface area contributed by atoms with Gasteiger partial charge in [0.1, 0.15) is 10.3 Å². The van der Waals surface area contributed by atoms with E-state index in [1.807, 2.05) is 32.9 Å². The second-order valence-corrected chi connectivity index (χ2v) is 4.85. The molecule has 0 atom stereocenters. The Balaban J connectivity index is 2.66. The number of halogens is 2. The molecule has 1 aromatic heterocycles. The molecule has 0 spiro atoms. The summed E-state index contributed by atoms with van der Waals surface area (Å²) in [5.41, 5.74) is 3.84. The minimum Gasteiger partial charge on any atom is -0.291 e. The summed E-state index contributed by atoms with van der Waals surface area (Å²) in [7, 11) is 0. The van der Waals surface area contributed by atoms with Crippen LogP contribution in [0.15, 0.2) is 18.2 Å². The number of rotatable bonds is 2. The zero-order valence-corrected chi connectivity index (χ0v) is 11.2. The van der Waals surface area contributed by atoms with Crippen molar-refractivity contribution in [3.8, 4) is 5.69 Å². The van der Waals surface area contributed by atoms with Gasteiger partial charge in [-0.05, 0) is 31.9 Å². The zero-order valence-electron chi connectivity index (χ0n) is 10.4. The van der Waals surface area contributed by atoms with Crippen molar-refractivity contribution in [1.82, 2.24) is 9.78 Å². The van der Waals surface area contributed by atoms with Gasteiger partial charge in [0.05, 0.1) is 5.69 Å². The lowest BCUT2D eigenvalue weighted by molar-refractivity contribution is 0.145. The van der Waals surface area contributed by atoms with Gasteiger partial charge < -0.3 is 0 Å². The second-order valence-electron chi connectivity index (χ2n) is 4.43. The van der Waals surface area contributed by atoms with Gasteiger partial charge in [-0.2, -0.15) is 0 Å². The lowest BCUT2D eigenvalue weighted by Gasteiger charge is -2.12. The number of benzene rings is 1. The van der Waals surface area contributed by atoms with Crippen molar-refractivity contribution in [2.45, 2.75) is 27.2 Å². The van der Waals surface area contributed by atoms with Gasteiger partial charge in [-0.1, -0.05) is 29.9 Å². The minimum atomic E-state index is -2.54. The molecular weight excluding hydrogens is 254 g/mol. The van der Waals surface area contributed by atoms with E-state index in [0.717, 1.165) is 22.4 Å². The molecule has 0 aliphatic heterocycles. The highest BCUT2D eigenvalue weighted by atomic mass is 32.1. The van der Waals surface area contributed by atoms with Crippen molar-refractivity contribution in [2.24, 2.45) is 0 Å². The molecule has 2 rings (SSSR count). The molecule has 0 saturated carbocycles. The first kappa shape index (κ1) is 13.0. The summed E-state index contributed by atoms with van der Waals surface area (Å²) in [5, 5.41) is 2.66. The largest absolute Gasteiger partial charge is 0.291 e. The Morgan fingerprint density at radius 1 is 1.11 bits per heavy atom. The molecule has 0 unspecified atom stereocenters. The number of aromatic amines is 1. The topological polar surface area (TPSA) is 20.7 Å². The van der Waals surface area contributed by atoms with Crippen LogP contribution >= 0.6 is 12.2 Å². The number of nitrogens with one attached hydrogen (secondary N) is 1. The van der Waals surface area contributed by atoms with Crippen molar-refractivity contribution in [1.29, 1.82) is 0 Å². The molecule has 0 fully saturated rings. The van der Waals surface area contributed by atoms with E-state index in [4.69, 9.17) is 12.2 Å². The second kappa shape index (κ2) is 4.65. The van der Waals surface area contributed by atoms with Crippen LogP contribution in [-0.2, 0) is 0 Å². The van der Waals surface area contributed by atoms with E-state index in [0.29, 0.717) is 4.64 Å². The lowest BCUT2D eigenvalue weighted by Crippen LogP contribution is -2.03. The molecule has 5 heteroatoms. The van der Waals surface area contributed by atoms with Crippen molar-refractivity contribution in [3.05, 3.63) is 45.2 Å². The molecule has 0 radical (unpaired) electrons. The smallest absolute Gasteiger partial charge is 0.279 e. The Morgan fingerprint density at radius 2 is 1.67 bits per heavy atom. The third-order valence-corrected chi connectivity index (χ3v) is 3.13. The van der Waals surface area contributed by atoms with Gasteiger partial charge in [0, 0.05) is 6.07 Å². The van der Waals surface area contributed by atoms with Crippen LogP contribution < -0.4 is 0 Å². The Morgan fingerprint density at radius 3 is 2.11 bits per heavy atom. The van der Waals surface area contributed by atoms with Gasteiger partial charge in [0.2, 0.25) is 0 Å². The fourth-order valence-corrected chi connectivity index (χ4v) is 2.48. The third-order valence-electron chi connectivity index (χ3n) is 2.83. The number of hydrogen-bond acceptors (Lipinski definition) is 1. The number of hydrogen-bond donors (Lipinski definition) is 1. The van der Waals surface area contributed by atoms with Gasteiger partial charge >= 0.3 is 0 Å². The molecule has 1 heterocycles. The van der Waals surface area contributed by atoms with E-state index < -0.39 is 6.43 Å². The van der Waals surface area contributed by atoms with E-state index in [2.05, 4.69) is 5.10 Å². The van der Waals surface area contributed by atoms with Crippen LogP contribution in [0, 0.1) is 25.4 Å². The van der Waals surface area contributed by atoms with Gasteiger partial charge in [-0.15, -0.1) is 0 Å². The van der Waals surface area contributed by atoms with Crippen LogP contribution in [0.5, 0.6) is 0 Å². The molecule has 18 heavy (non-hydrogen) atoms. The summed E-state index contributed by atoms with van der Waals surface area (Å²) in [4.78, 5) is 0. The van der Waals surface area contributed by atoms with E-state index in [9.17, 15) is 8.78 Å². The Bertz CT molecular complexity index is 618. The first-order valence-electron chi connectivity index (χ1n) is 5.58. The molecule has 2 aromatic rings. The van der Waals surface area contributed by atoms with Crippen molar-refractivity contribution in [3.63, 3.8) is 0 Å². The third kappa shape index (κ3) is 2.22. The van der Waals surface area contributed by atoms with Crippen molar-refractivity contribution < 1.29 is 8.78 Å². The number of aryl methyl sites for hydroxylation is 3. The average Bonchev–Trinajstić information content (AvgIpc) is 2.59. The average molecular weight is 268 g/mol. The molecule has 1 N–H and O–H groups in total. The van der Waals surface area contributed by atoms with E-state index in [1.165, 1.54) is 6.07 Å². The molecular formula is C13H14F2N2S. The summed E-state index contributed by atoms with van der Waals surface area (Å²) in [6, 6.07) is 5.32. The molecule has 0 amide bonds. The SMILES string of the molecule is Cc1cc(C)c(-n2[nH]c(C(F)F)cc2=S)c(C)c1. The van der Waals surface area contributed by atoms with Crippen LogP contribution in [0.3, 0.4) is 0 Å². The van der Waals surface area contributed by atoms with Crippen molar-refractivity contribution >= 4 is 12.2 Å². The molecule has 0 bridgehead atoms. The minimum absolute atomic E-state index is 0.153. The Kier molecular flexibility index (Phi) is 3.34. The molecule has 0 aliphatic rings. The molecule has 2 nitrogen and oxygen atoms in total.